The highest BCUT2D eigenvalue weighted by Gasteiger charge is 2.31. The maximum Gasteiger partial charge on any atom is 0.274 e. The molecule has 28 heavy (non-hydrogen) atoms. The normalized spacial score (nSPS) is 17.8. The van der Waals surface area contributed by atoms with Crippen molar-refractivity contribution in [1.82, 2.24) is 14.7 Å². The quantitative estimate of drug-likeness (QED) is 0.826. The van der Waals surface area contributed by atoms with E-state index in [9.17, 15) is 14.0 Å². The molecule has 2 aliphatic rings. The molecular formula is C21H25FN4O2. The second-order valence-electron chi connectivity index (χ2n) is 7.69. The van der Waals surface area contributed by atoms with Crippen molar-refractivity contribution in [3.8, 4) is 5.69 Å². The summed E-state index contributed by atoms with van der Waals surface area (Å²) < 4.78 is 15.2. The van der Waals surface area contributed by atoms with Crippen LogP contribution < -0.4 is 5.73 Å². The van der Waals surface area contributed by atoms with Crippen LogP contribution >= 0.6 is 0 Å². The van der Waals surface area contributed by atoms with E-state index in [2.05, 4.69) is 5.10 Å². The fourth-order valence-corrected chi connectivity index (χ4v) is 4.26. The van der Waals surface area contributed by atoms with Crippen LogP contribution in [0.4, 0.5) is 4.39 Å². The van der Waals surface area contributed by atoms with Gasteiger partial charge in [-0.2, -0.15) is 5.10 Å². The van der Waals surface area contributed by atoms with Crippen molar-refractivity contribution in [2.75, 3.05) is 13.1 Å². The predicted molar refractivity (Wildman–Crippen MR) is 103 cm³/mol. The van der Waals surface area contributed by atoms with Gasteiger partial charge in [-0.25, -0.2) is 9.07 Å². The number of rotatable bonds is 3. The minimum Gasteiger partial charge on any atom is -0.369 e. The molecule has 2 heterocycles. The van der Waals surface area contributed by atoms with E-state index in [0.717, 1.165) is 49.0 Å². The molecule has 2 amide bonds. The molecule has 148 valence electrons. The average Bonchev–Trinajstić information content (AvgIpc) is 2.89. The number of carbonyl (C=O) groups is 2. The molecule has 1 fully saturated rings. The number of piperidine rings is 1. The molecule has 0 bridgehead atoms. The van der Waals surface area contributed by atoms with E-state index in [-0.39, 0.29) is 23.5 Å². The molecule has 1 saturated heterocycles. The van der Waals surface area contributed by atoms with Crippen LogP contribution in [-0.2, 0) is 17.6 Å². The minimum atomic E-state index is -0.296. The molecule has 1 aliphatic carbocycles. The first kappa shape index (κ1) is 18.7. The maximum atomic E-state index is 13.3. The van der Waals surface area contributed by atoms with Gasteiger partial charge in [-0.3, -0.25) is 9.59 Å². The van der Waals surface area contributed by atoms with Crippen LogP contribution in [0.5, 0.6) is 0 Å². The van der Waals surface area contributed by atoms with Crippen LogP contribution in [0.25, 0.3) is 5.69 Å². The number of hydrogen-bond donors (Lipinski definition) is 1. The van der Waals surface area contributed by atoms with Gasteiger partial charge in [0.15, 0.2) is 5.69 Å². The zero-order valence-corrected chi connectivity index (χ0v) is 15.9. The molecule has 0 atom stereocenters. The number of likely N-dealkylation sites (tertiary alicyclic amines) is 1. The van der Waals surface area contributed by atoms with E-state index >= 15 is 0 Å². The van der Waals surface area contributed by atoms with Crippen molar-refractivity contribution >= 4 is 11.8 Å². The van der Waals surface area contributed by atoms with E-state index in [1.54, 1.807) is 17.0 Å². The molecule has 0 saturated carbocycles. The van der Waals surface area contributed by atoms with Crippen LogP contribution in [0.15, 0.2) is 24.3 Å². The largest absolute Gasteiger partial charge is 0.369 e. The molecule has 1 aliphatic heterocycles. The van der Waals surface area contributed by atoms with Crippen LogP contribution in [0.1, 0.15) is 53.8 Å². The first-order chi connectivity index (χ1) is 13.5. The third-order valence-corrected chi connectivity index (χ3v) is 5.89. The number of nitrogens with two attached hydrogens (primary N) is 1. The molecule has 1 aromatic heterocycles. The summed E-state index contributed by atoms with van der Waals surface area (Å²) in [6.07, 6.45) is 6.09. The third kappa shape index (κ3) is 3.53. The van der Waals surface area contributed by atoms with Crippen LogP contribution in [0.3, 0.4) is 0 Å². The number of nitrogens with zero attached hydrogens (tertiary/aromatic N) is 3. The van der Waals surface area contributed by atoms with Gasteiger partial charge in [0.25, 0.3) is 5.91 Å². The smallest absolute Gasteiger partial charge is 0.274 e. The van der Waals surface area contributed by atoms with E-state index in [4.69, 9.17) is 5.73 Å². The molecule has 7 heteroatoms. The van der Waals surface area contributed by atoms with Gasteiger partial charge < -0.3 is 10.6 Å². The monoisotopic (exact) mass is 384 g/mol. The van der Waals surface area contributed by atoms with Crippen molar-refractivity contribution in [3.63, 3.8) is 0 Å². The Morgan fingerprint density at radius 2 is 1.71 bits per heavy atom. The maximum absolute atomic E-state index is 13.3. The Balaban J connectivity index is 1.66. The molecule has 0 radical (unpaired) electrons. The molecule has 6 nitrogen and oxygen atoms in total. The summed E-state index contributed by atoms with van der Waals surface area (Å²) in [5.41, 5.74) is 8.74. The average molecular weight is 384 g/mol. The van der Waals surface area contributed by atoms with Gasteiger partial charge in [-0.1, -0.05) is 6.42 Å². The topological polar surface area (TPSA) is 81.2 Å². The number of fused-ring (bicyclic) bond motifs is 1. The summed E-state index contributed by atoms with van der Waals surface area (Å²) in [6.45, 7) is 1.04. The molecule has 4 rings (SSSR count). The fraction of sp³-hybridized carbons (Fsp3) is 0.476. The molecule has 1 aromatic carbocycles. The second kappa shape index (κ2) is 7.73. The summed E-state index contributed by atoms with van der Waals surface area (Å²) in [7, 11) is 0. The predicted octanol–water partition coefficient (Wildman–Crippen LogP) is 2.62. The lowest BCUT2D eigenvalue weighted by molar-refractivity contribution is -0.123. The second-order valence-corrected chi connectivity index (χ2v) is 7.69. The number of hydrogen-bond acceptors (Lipinski definition) is 3. The van der Waals surface area contributed by atoms with Crippen molar-refractivity contribution in [2.45, 2.75) is 44.9 Å². The molecule has 0 spiro atoms. The lowest BCUT2D eigenvalue weighted by atomic mass is 9.96. The third-order valence-electron chi connectivity index (χ3n) is 5.89. The van der Waals surface area contributed by atoms with Gasteiger partial charge >= 0.3 is 0 Å². The number of benzene rings is 1. The van der Waals surface area contributed by atoms with Gasteiger partial charge in [0.2, 0.25) is 5.91 Å². The van der Waals surface area contributed by atoms with E-state index < -0.39 is 0 Å². The zero-order valence-electron chi connectivity index (χ0n) is 15.9. The Labute approximate surface area is 163 Å². The van der Waals surface area contributed by atoms with Crippen LogP contribution in [0.2, 0.25) is 0 Å². The van der Waals surface area contributed by atoms with Gasteiger partial charge in [0.05, 0.1) is 5.69 Å². The summed E-state index contributed by atoms with van der Waals surface area (Å²) in [5.74, 6) is -0.822. The van der Waals surface area contributed by atoms with Gasteiger partial charge in [0.1, 0.15) is 5.82 Å². The standard InChI is InChI=1S/C21H25FN4O2/c22-15-6-8-16(9-7-15)26-18-5-3-1-2-4-17(18)19(24-26)21(28)25-12-10-14(11-13-25)20(23)27/h6-9,14H,1-5,10-13H2,(H2,23,27). The van der Waals surface area contributed by atoms with E-state index in [1.807, 2.05) is 4.68 Å². The lowest BCUT2D eigenvalue weighted by Gasteiger charge is -2.30. The SMILES string of the molecule is NC(=O)C1CCN(C(=O)c2nn(-c3ccc(F)cc3)c3c2CCCCC3)CC1. The Hall–Kier alpha value is -2.70. The van der Waals surface area contributed by atoms with Gasteiger partial charge in [-0.05, 0) is 62.8 Å². The summed E-state index contributed by atoms with van der Waals surface area (Å²) >= 11 is 0. The Bertz CT molecular complexity index is 883. The fourth-order valence-electron chi connectivity index (χ4n) is 4.26. The Morgan fingerprint density at radius 3 is 2.39 bits per heavy atom. The van der Waals surface area contributed by atoms with E-state index in [1.165, 1.54) is 12.1 Å². The number of primary amides is 1. The van der Waals surface area contributed by atoms with Crippen LogP contribution in [0, 0.1) is 11.7 Å². The highest BCUT2D eigenvalue weighted by atomic mass is 19.1. The van der Waals surface area contributed by atoms with E-state index in [0.29, 0.717) is 31.6 Å². The first-order valence-corrected chi connectivity index (χ1v) is 10.00. The summed E-state index contributed by atoms with van der Waals surface area (Å²) in [5, 5.41) is 4.67. The Morgan fingerprint density at radius 1 is 1.04 bits per heavy atom. The molecule has 2 aromatic rings. The van der Waals surface area contributed by atoms with Crippen LogP contribution in [-0.4, -0.2) is 39.6 Å². The number of carbonyl (C=O) groups excluding carboxylic acids is 2. The number of aromatic nitrogens is 2. The van der Waals surface area contributed by atoms with Gasteiger partial charge in [-0.15, -0.1) is 0 Å². The molecule has 2 N–H and O–H groups in total. The molecular weight excluding hydrogens is 359 g/mol. The van der Waals surface area contributed by atoms with Crippen molar-refractivity contribution in [1.29, 1.82) is 0 Å². The minimum absolute atomic E-state index is 0.0815. The molecule has 0 unspecified atom stereocenters. The Kier molecular flexibility index (Phi) is 5.15. The summed E-state index contributed by atoms with van der Waals surface area (Å²) in [6, 6.07) is 6.21. The van der Waals surface area contributed by atoms with Crippen molar-refractivity contribution in [2.24, 2.45) is 11.7 Å². The zero-order chi connectivity index (χ0) is 19.7. The highest BCUT2D eigenvalue weighted by molar-refractivity contribution is 5.94. The number of amides is 2. The van der Waals surface area contributed by atoms with Crippen molar-refractivity contribution in [3.05, 3.63) is 47.0 Å². The lowest BCUT2D eigenvalue weighted by Crippen LogP contribution is -2.42. The highest BCUT2D eigenvalue weighted by Crippen LogP contribution is 2.28. The summed E-state index contributed by atoms with van der Waals surface area (Å²) in [4.78, 5) is 26.4. The number of halogens is 1. The van der Waals surface area contributed by atoms with Crippen molar-refractivity contribution < 1.29 is 14.0 Å². The van der Waals surface area contributed by atoms with Gasteiger partial charge in [0, 0.05) is 30.3 Å². The first-order valence-electron chi connectivity index (χ1n) is 10.00.